The van der Waals surface area contributed by atoms with E-state index in [2.05, 4.69) is 25.6 Å². The van der Waals surface area contributed by atoms with Crippen LogP contribution in [0.5, 0.6) is 0 Å². The molecule has 0 aliphatic carbocycles. The van der Waals surface area contributed by atoms with Gasteiger partial charge in [-0.3, -0.25) is 0 Å². The number of tetrazole rings is 1. The van der Waals surface area contributed by atoms with E-state index in [4.69, 9.17) is 5.73 Å². The fourth-order valence-electron chi connectivity index (χ4n) is 3.26. The molecular formula is C17H16N6O3S2. The highest BCUT2D eigenvalue weighted by molar-refractivity contribution is 7.91. The summed E-state index contributed by atoms with van der Waals surface area (Å²) in [6, 6.07) is 9.09. The zero-order valence-electron chi connectivity index (χ0n) is 14.7. The van der Waals surface area contributed by atoms with Crippen molar-refractivity contribution in [2.75, 3.05) is 18.6 Å². The number of fused-ring (bicyclic) bond motifs is 1. The smallest absolute Gasteiger partial charge is 0.206 e. The third kappa shape index (κ3) is 3.13. The molecule has 2 heterocycles. The number of aromatic amines is 1. The number of aliphatic hydroxyl groups excluding tert-OH is 1. The zero-order chi connectivity index (χ0) is 19.9. The van der Waals surface area contributed by atoms with Gasteiger partial charge in [0.2, 0.25) is 5.82 Å². The highest BCUT2D eigenvalue weighted by atomic mass is 32.2. The number of rotatable bonds is 5. The number of nitrogen functional groups attached to an aromatic ring is 1. The van der Waals surface area contributed by atoms with Crippen molar-refractivity contribution in [1.82, 2.24) is 25.6 Å². The van der Waals surface area contributed by atoms with Crippen molar-refractivity contribution in [3.05, 3.63) is 35.9 Å². The maximum atomic E-state index is 12.7. The molecule has 0 spiro atoms. The summed E-state index contributed by atoms with van der Waals surface area (Å²) < 4.78 is 26.3. The lowest BCUT2D eigenvalue weighted by molar-refractivity contribution is 0.299. The van der Waals surface area contributed by atoms with E-state index in [1.165, 1.54) is 11.3 Å². The minimum atomic E-state index is -3.67. The lowest BCUT2D eigenvalue weighted by Crippen LogP contribution is -2.08. The Morgan fingerprint density at radius 3 is 2.71 bits per heavy atom. The van der Waals surface area contributed by atoms with Gasteiger partial charge < -0.3 is 10.8 Å². The molecule has 4 aromatic rings. The molecule has 0 atom stereocenters. The number of nitrogens with zero attached hydrogens (tertiary/aromatic N) is 4. The zero-order valence-corrected chi connectivity index (χ0v) is 16.4. The first-order chi connectivity index (χ1) is 13.4. The van der Waals surface area contributed by atoms with Crippen LogP contribution in [0.4, 0.5) is 5.13 Å². The summed E-state index contributed by atoms with van der Waals surface area (Å²) in [4.78, 5) is 4.48. The summed E-state index contributed by atoms with van der Waals surface area (Å²) in [6.07, 6.45) is 1.30. The average molecular weight is 416 g/mol. The molecule has 2 aromatic heterocycles. The number of aliphatic hydroxyl groups is 1. The van der Waals surface area contributed by atoms with Gasteiger partial charge >= 0.3 is 0 Å². The van der Waals surface area contributed by atoms with Crippen LogP contribution in [0.2, 0.25) is 0 Å². The Morgan fingerprint density at radius 1 is 1.21 bits per heavy atom. The number of sulfone groups is 1. The molecule has 0 radical (unpaired) electrons. The minimum absolute atomic E-state index is 0.0701. The Bertz CT molecular complexity index is 1270. The number of benzene rings is 2. The summed E-state index contributed by atoms with van der Waals surface area (Å²) in [5.74, 6) is 0.149. The third-order valence-corrected chi connectivity index (χ3v) is 6.34. The van der Waals surface area contributed by atoms with Gasteiger partial charge in [-0.1, -0.05) is 35.6 Å². The highest BCUT2D eigenvalue weighted by Gasteiger charge is 2.26. The normalized spacial score (nSPS) is 11.9. The van der Waals surface area contributed by atoms with Crippen LogP contribution in [0.15, 0.2) is 35.2 Å². The van der Waals surface area contributed by atoms with Gasteiger partial charge in [0.15, 0.2) is 15.0 Å². The molecule has 0 amide bonds. The lowest BCUT2D eigenvalue weighted by atomic mass is 9.95. The van der Waals surface area contributed by atoms with Crippen LogP contribution >= 0.6 is 11.3 Å². The second-order valence-corrected chi connectivity index (χ2v) is 9.18. The van der Waals surface area contributed by atoms with Gasteiger partial charge in [0.05, 0.1) is 15.1 Å². The number of thiazole rings is 1. The molecule has 4 rings (SSSR count). The van der Waals surface area contributed by atoms with E-state index in [1.807, 2.05) is 18.2 Å². The molecule has 28 heavy (non-hydrogen) atoms. The number of anilines is 1. The van der Waals surface area contributed by atoms with Crippen LogP contribution in [-0.4, -0.2) is 52.0 Å². The largest absolute Gasteiger partial charge is 0.396 e. The highest BCUT2D eigenvalue weighted by Crippen LogP contribution is 2.41. The Morgan fingerprint density at radius 2 is 2.04 bits per heavy atom. The van der Waals surface area contributed by atoms with Crippen LogP contribution in [0.3, 0.4) is 0 Å². The van der Waals surface area contributed by atoms with Crippen LogP contribution in [-0.2, 0) is 16.3 Å². The van der Waals surface area contributed by atoms with Gasteiger partial charge in [-0.15, -0.1) is 10.2 Å². The van der Waals surface area contributed by atoms with Crippen LogP contribution in [0, 0.1) is 0 Å². The van der Waals surface area contributed by atoms with Crippen LogP contribution < -0.4 is 5.73 Å². The standard InChI is InChI=1S/C17H16N6O3S2/c1-28(25,26)15-9(7-8-24)5-6-10(13(15)16-20-22-23-21-16)11-3-2-4-12-14(11)19-17(18)27-12/h2-6,24H,7-8H2,1H3,(H2,18,19)(H,20,21,22,23). The maximum absolute atomic E-state index is 12.7. The molecule has 0 aliphatic heterocycles. The first-order valence-electron chi connectivity index (χ1n) is 8.26. The van der Waals surface area contributed by atoms with Gasteiger partial charge in [-0.25, -0.2) is 13.4 Å². The van der Waals surface area contributed by atoms with Crippen molar-refractivity contribution in [3.8, 4) is 22.5 Å². The molecule has 11 heteroatoms. The Balaban J connectivity index is 2.14. The fourth-order valence-corrected chi connectivity index (χ4v) is 5.24. The minimum Gasteiger partial charge on any atom is -0.396 e. The molecule has 9 nitrogen and oxygen atoms in total. The van der Waals surface area contributed by atoms with Gasteiger partial charge in [0.1, 0.15) is 0 Å². The molecule has 0 fully saturated rings. The summed E-state index contributed by atoms with van der Waals surface area (Å²) >= 11 is 1.35. The average Bonchev–Trinajstić information content (AvgIpc) is 3.28. The van der Waals surface area contributed by atoms with Gasteiger partial charge in [-0.2, -0.15) is 5.21 Å². The monoisotopic (exact) mass is 416 g/mol. The van der Waals surface area contributed by atoms with Crippen molar-refractivity contribution in [2.45, 2.75) is 11.3 Å². The number of nitrogens with one attached hydrogen (secondary N) is 1. The van der Waals surface area contributed by atoms with E-state index in [9.17, 15) is 13.5 Å². The van der Waals surface area contributed by atoms with Gasteiger partial charge in [0.25, 0.3) is 0 Å². The molecule has 0 saturated carbocycles. The van der Waals surface area contributed by atoms with E-state index < -0.39 is 9.84 Å². The maximum Gasteiger partial charge on any atom is 0.206 e. The van der Waals surface area contributed by atoms with Gasteiger partial charge in [0, 0.05) is 24.0 Å². The van der Waals surface area contributed by atoms with Crippen LogP contribution in [0.25, 0.3) is 32.7 Å². The Labute approximate surface area is 164 Å². The number of H-pyrrole nitrogens is 1. The van der Waals surface area contributed by atoms with Crippen molar-refractivity contribution in [1.29, 1.82) is 0 Å². The van der Waals surface area contributed by atoms with E-state index in [0.29, 0.717) is 32.9 Å². The summed E-state index contributed by atoms with van der Waals surface area (Å²) in [5.41, 5.74) is 8.66. The molecule has 144 valence electrons. The van der Waals surface area contributed by atoms with E-state index in [0.717, 1.165) is 11.0 Å². The lowest BCUT2D eigenvalue weighted by Gasteiger charge is -2.16. The Hall–Kier alpha value is -2.89. The van der Waals surface area contributed by atoms with E-state index in [-0.39, 0.29) is 23.7 Å². The van der Waals surface area contributed by atoms with Gasteiger partial charge in [-0.05, 0) is 28.8 Å². The molecular weight excluding hydrogens is 400 g/mol. The van der Waals surface area contributed by atoms with Crippen molar-refractivity contribution in [3.63, 3.8) is 0 Å². The molecule has 2 aromatic carbocycles. The topological polar surface area (TPSA) is 148 Å². The molecule has 0 saturated heterocycles. The third-order valence-electron chi connectivity index (χ3n) is 4.29. The molecule has 0 unspecified atom stereocenters. The fraction of sp³-hybridized carbons (Fsp3) is 0.176. The van der Waals surface area contributed by atoms with E-state index in [1.54, 1.807) is 12.1 Å². The first kappa shape index (κ1) is 18.5. The predicted octanol–water partition coefficient (Wildman–Crippen LogP) is 1.66. The number of aromatic nitrogens is 5. The van der Waals surface area contributed by atoms with Crippen LogP contribution in [0.1, 0.15) is 5.56 Å². The number of hydrogen-bond acceptors (Lipinski definition) is 9. The second kappa shape index (κ2) is 6.93. The summed E-state index contributed by atoms with van der Waals surface area (Å²) in [7, 11) is -3.67. The van der Waals surface area contributed by atoms with Crippen molar-refractivity contribution >= 4 is 36.5 Å². The molecule has 4 N–H and O–H groups in total. The number of para-hydroxylation sites is 1. The number of nitrogens with two attached hydrogens (primary N) is 1. The molecule has 0 bridgehead atoms. The van der Waals surface area contributed by atoms with Crippen molar-refractivity contribution < 1.29 is 13.5 Å². The first-order valence-corrected chi connectivity index (χ1v) is 11.0. The predicted molar refractivity (Wildman–Crippen MR) is 107 cm³/mol. The number of hydrogen-bond donors (Lipinski definition) is 3. The van der Waals surface area contributed by atoms with E-state index >= 15 is 0 Å². The SMILES string of the molecule is CS(=O)(=O)c1c(CCO)ccc(-c2cccc3sc(N)nc23)c1-c1nn[nH]n1. The molecule has 0 aliphatic rings. The van der Waals surface area contributed by atoms with Crippen molar-refractivity contribution in [2.24, 2.45) is 0 Å². The summed E-state index contributed by atoms with van der Waals surface area (Å²) in [5, 5.41) is 23.8. The quantitative estimate of drug-likeness (QED) is 0.445. The summed E-state index contributed by atoms with van der Waals surface area (Å²) in [6.45, 7) is -0.189. The Kier molecular flexibility index (Phi) is 4.57. The second-order valence-electron chi connectivity index (χ2n) is 6.16.